The summed E-state index contributed by atoms with van der Waals surface area (Å²) in [6, 6.07) is 10.7. The van der Waals surface area contributed by atoms with Gasteiger partial charge in [0.1, 0.15) is 10.5 Å². The van der Waals surface area contributed by atoms with Crippen LogP contribution in [0.3, 0.4) is 0 Å². The Hall–Kier alpha value is -2.66. The predicted molar refractivity (Wildman–Crippen MR) is 148 cm³/mol. The van der Waals surface area contributed by atoms with Crippen LogP contribution in [0.4, 0.5) is 30.6 Å². The van der Waals surface area contributed by atoms with E-state index < -0.39 is 11.7 Å². The third kappa shape index (κ3) is 5.83. The fourth-order valence-electron chi connectivity index (χ4n) is 4.33. The minimum absolute atomic E-state index is 0.418. The molecule has 1 saturated heterocycles. The molecule has 3 heterocycles. The third-order valence-electron chi connectivity index (χ3n) is 6.48. The highest BCUT2D eigenvalue weighted by Gasteiger charge is 2.30. The quantitative estimate of drug-likeness (QED) is 0.258. The maximum Gasteiger partial charge on any atom is 0.416 e. The van der Waals surface area contributed by atoms with E-state index in [1.807, 2.05) is 0 Å². The molecule has 0 atom stereocenters. The first kappa shape index (κ1) is 26.9. The number of thiazole rings is 1. The number of aromatic nitrogens is 3. The van der Waals surface area contributed by atoms with Crippen LogP contribution in [0, 0.1) is 0 Å². The average Bonchev–Trinajstić information content (AvgIpc) is 3.29. The molecule has 2 aromatic carbocycles. The Kier molecular flexibility index (Phi) is 7.68. The van der Waals surface area contributed by atoms with Gasteiger partial charge in [-0.1, -0.05) is 40.6 Å². The SMILES string of the molecule is CC(C)N1CCN(c2nc(Nc3ccc(C(F)(F)F)cc3)c3nc(Cc4c(Cl)cccc4Cl)sc3n2)CC1. The number of nitrogens with zero attached hydrogens (tertiary/aromatic N) is 5. The van der Waals surface area contributed by atoms with E-state index in [4.69, 9.17) is 38.2 Å². The molecule has 0 spiro atoms. The van der Waals surface area contributed by atoms with E-state index in [0.717, 1.165) is 48.9 Å². The van der Waals surface area contributed by atoms with Gasteiger partial charge in [-0.05, 0) is 55.8 Å². The van der Waals surface area contributed by atoms with E-state index in [-0.39, 0.29) is 0 Å². The second kappa shape index (κ2) is 10.8. The summed E-state index contributed by atoms with van der Waals surface area (Å²) < 4.78 is 39.2. The van der Waals surface area contributed by atoms with Crippen LogP contribution in [0.25, 0.3) is 10.3 Å². The monoisotopic (exact) mass is 580 g/mol. The van der Waals surface area contributed by atoms with Crippen LogP contribution >= 0.6 is 34.5 Å². The van der Waals surface area contributed by atoms with Crippen LogP contribution in [-0.4, -0.2) is 52.1 Å². The lowest BCUT2D eigenvalue weighted by Crippen LogP contribution is -2.49. The van der Waals surface area contributed by atoms with E-state index >= 15 is 0 Å². The fraction of sp³-hybridized carbons (Fsp3) is 0.346. The molecule has 0 saturated carbocycles. The molecule has 5 rings (SSSR count). The summed E-state index contributed by atoms with van der Waals surface area (Å²) in [5.41, 5.74) is 1.06. The highest BCUT2D eigenvalue weighted by atomic mass is 35.5. The summed E-state index contributed by atoms with van der Waals surface area (Å²) >= 11 is 14.2. The number of hydrogen-bond donors (Lipinski definition) is 1. The lowest BCUT2D eigenvalue weighted by Gasteiger charge is -2.36. The third-order valence-corrected chi connectivity index (χ3v) is 8.14. The van der Waals surface area contributed by atoms with E-state index in [0.29, 0.717) is 50.3 Å². The lowest BCUT2D eigenvalue weighted by atomic mass is 10.1. The molecule has 12 heteroatoms. The molecule has 38 heavy (non-hydrogen) atoms. The molecular weight excluding hydrogens is 556 g/mol. The lowest BCUT2D eigenvalue weighted by molar-refractivity contribution is -0.137. The van der Waals surface area contributed by atoms with Crippen molar-refractivity contribution in [2.45, 2.75) is 32.5 Å². The number of nitrogens with one attached hydrogen (secondary N) is 1. The highest BCUT2D eigenvalue weighted by molar-refractivity contribution is 7.18. The summed E-state index contributed by atoms with van der Waals surface area (Å²) in [5.74, 6) is 0.991. The largest absolute Gasteiger partial charge is 0.416 e. The zero-order chi connectivity index (χ0) is 27.0. The van der Waals surface area contributed by atoms with Crippen molar-refractivity contribution in [3.8, 4) is 0 Å². The van der Waals surface area contributed by atoms with Gasteiger partial charge in [0.2, 0.25) is 5.95 Å². The first-order valence-corrected chi connectivity index (χ1v) is 13.7. The first-order chi connectivity index (χ1) is 18.1. The van der Waals surface area contributed by atoms with Gasteiger partial charge in [-0.15, -0.1) is 0 Å². The highest BCUT2D eigenvalue weighted by Crippen LogP contribution is 2.35. The molecular formula is C26H25Cl2F3N6S. The Morgan fingerprint density at radius 3 is 2.21 bits per heavy atom. The maximum atomic E-state index is 13.1. The van der Waals surface area contributed by atoms with Gasteiger partial charge in [0, 0.05) is 54.4 Å². The summed E-state index contributed by atoms with van der Waals surface area (Å²) in [6.45, 7) is 7.66. The number of fused-ring (bicyclic) bond motifs is 1. The van der Waals surface area contributed by atoms with Gasteiger partial charge >= 0.3 is 6.18 Å². The average molecular weight is 581 g/mol. The molecule has 0 aliphatic carbocycles. The Bertz CT molecular complexity index is 1410. The van der Waals surface area contributed by atoms with Gasteiger partial charge in [-0.3, -0.25) is 4.90 Å². The maximum absolute atomic E-state index is 13.1. The van der Waals surface area contributed by atoms with Crippen molar-refractivity contribution in [3.63, 3.8) is 0 Å². The van der Waals surface area contributed by atoms with Crippen molar-refractivity contribution >= 4 is 62.3 Å². The molecule has 1 fully saturated rings. The molecule has 6 nitrogen and oxygen atoms in total. The molecule has 2 aromatic heterocycles. The molecule has 1 aliphatic rings. The van der Waals surface area contributed by atoms with Crippen LogP contribution in [0.15, 0.2) is 42.5 Å². The Morgan fingerprint density at radius 1 is 0.947 bits per heavy atom. The topological polar surface area (TPSA) is 57.2 Å². The Labute approximate surface area is 232 Å². The second-order valence-electron chi connectivity index (χ2n) is 9.33. The van der Waals surface area contributed by atoms with Gasteiger partial charge in [-0.2, -0.15) is 23.1 Å². The number of anilines is 3. The molecule has 0 bridgehead atoms. The summed E-state index contributed by atoms with van der Waals surface area (Å²) in [5, 5.41) is 5.02. The van der Waals surface area contributed by atoms with E-state index in [1.165, 1.54) is 23.5 Å². The molecule has 0 amide bonds. The second-order valence-corrected chi connectivity index (χ2v) is 11.2. The van der Waals surface area contributed by atoms with Crippen LogP contribution < -0.4 is 10.2 Å². The summed E-state index contributed by atoms with van der Waals surface area (Å²) in [4.78, 5) is 19.6. The zero-order valence-electron chi connectivity index (χ0n) is 20.7. The van der Waals surface area contributed by atoms with Crippen molar-refractivity contribution in [2.75, 3.05) is 36.4 Å². The number of alkyl halides is 3. The van der Waals surface area contributed by atoms with Crippen LogP contribution in [-0.2, 0) is 12.6 Å². The summed E-state index contributed by atoms with van der Waals surface area (Å²) in [7, 11) is 0. The van der Waals surface area contributed by atoms with Gasteiger partial charge in [-0.25, -0.2) is 4.98 Å². The summed E-state index contributed by atoms with van der Waals surface area (Å²) in [6.07, 6.45) is -3.99. The van der Waals surface area contributed by atoms with Crippen molar-refractivity contribution in [3.05, 3.63) is 68.6 Å². The number of piperazine rings is 1. The predicted octanol–water partition coefficient (Wildman–Crippen LogP) is 7.28. The molecule has 200 valence electrons. The fourth-order valence-corrected chi connectivity index (χ4v) is 5.80. The van der Waals surface area contributed by atoms with Crippen LogP contribution in [0.1, 0.15) is 30.0 Å². The van der Waals surface area contributed by atoms with Crippen LogP contribution in [0.5, 0.6) is 0 Å². The van der Waals surface area contributed by atoms with Crippen LogP contribution in [0.2, 0.25) is 10.0 Å². The minimum Gasteiger partial charge on any atom is -0.338 e. The Balaban J connectivity index is 1.50. The van der Waals surface area contributed by atoms with E-state index in [9.17, 15) is 13.2 Å². The number of hydrogen-bond acceptors (Lipinski definition) is 7. The number of rotatable bonds is 6. The normalized spacial score (nSPS) is 15.0. The smallest absolute Gasteiger partial charge is 0.338 e. The molecule has 0 radical (unpaired) electrons. The molecule has 0 unspecified atom stereocenters. The van der Waals surface area contributed by atoms with Crippen molar-refractivity contribution in [1.82, 2.24) is 19.9 Å². The zero-order valence-corrected chi connectivity index (χ0v) is 23.0. The Morgan fingerprint density at radius 2 is 1.61 bits per heavy atom. The molecule has 1 aliphatic heterocycles. The van der Waals surface area contributed by atoms with Gasteiger partial charge in [0.05, 0.1) is 5.56 Å². The standard InChI is InChI=1S/C26H25Cl2F3N6S/c1-15(2)36-10-12-37(13-11-36)25-34-23(32-17-8-6-16(7-9-17)26(29,30)31)22-24(35-25)38-21(33-22)14-18-19(27)4-3-5-20(18)28/h3-9,15H,10-14H2,1-2H3,(H,32,34,35). The molecule has 4 aromatic rings. The van der Waals surface area contributed by atoms with Gasteiger partial charge in [0.25, 0.3) is 0 Å². The minimum atomic E-state index is -4.41. The van der Waals surface area contributed by atoms with Gasteiger partial charge < -0.3 is 10.2 Å². The van der Waals surface area contributed by atoms with E-state index in [1.54, 1.807) is 18.2 Å². The number of halogens is 5. The molecule has 1 N–H and O–H groups in total. The van der Waals surface area contributed by atoms with E-state index in [2.05, 4.69) is 29.0 Å². The first-order valence-electron chi connectivity index (χ1n) is 12.1. The van der Waals surface area contributed by atoms with Crippen molar-refractivity contribution < 1.29 is 13.2 Å². The number of benzene rings is 2. The van der Waals surface area contributed by atoms with Gasteiger partial charge in [0.15, 0.2) is 10.6 Å². The van der Waals surface area contributed by atoms with Crippen molar-refractivity contribution in [2.24, 2.45) is 0 Å². The van der Waals surface area contributed by atoms with Crippen molar-refractivity contribution in [1.29, 1.82) is 0 Å².